The molecule has 1 rings (SSSR count). The molecular formula is C16H26FNO3. The second-order valence-electron chi connectivity index (χ2n) is 5.39. The summed E-state index contributed by atoms with van der Waals surface area (Å²) >= 11 is 0. The van der Waals surface area contributed by atoms with Crippen molar-refractivity contribution >= 4 is 0 Å². The zero-order valence-electron chi connectivity index (χ0n) is 12.8. The van der Waals surface area contributed by atoms with E-state index in [0.717, 1.165) is 12.8 Å². The van der Waals surface area contributed by atoms with Gasteiger partial charge in [0.2, 0.25) is 0 Å². The van der Waals surface area contributed by atoms with Crippen molar-refractivity contribution in [3.8, 4) is 5.75 Å². The van der Waals surface area contributed by atoms with Crippen LogP contribution in [-0.2, 0) is 0 Å². The van der Waals surface area contributed by atoms with Gasteiger partial charge in [0, 0.05) is 25.1 Å². The SMILES string of the molecule is CCC(CC)(CO)CNCC(O)COc1ccccc1F. The Balaban J connectivity index is 2.31. The molecule has 21 heavy (non-hydrogen) atoms. The first-order valence-electron chi connectivity index (χ1n) is 7.44. The third-order valence-electron chi connectivity index (χ3n) is 3.98. The fraction of sp³-hybridized carbons (Fsp3) is 0.625. The van der Waals surface area contributed by atoms with Gasteiger partial charge in [0.15, 0.2) is 11.6 Å². The summed E-state index contributed by atoms with van der Waals surface area (Å²) in [5, 5.41) is 22.4. The Labute approximate surface area is 125 Å². The molecular weight excluding hydrogens is 273 g/mol. The van der Waals surface area contributed by atoms with Gasteiger partial charge < -0.3 is 20.3 Å². The minimum absolute atomic E-state index is 0.0261. The van der Waals surface area contributed by atoms with E-state index in [0.29, 0.717) is 13.1 Å². The van der Waals surface area contributed by atoms with Crippen LogP contribution in [0.1, 0.15) is 26.7 Å². The van der Waals surface area contributed by atoms with Crippen LogP contribution in [0.4, 0.5) is 4.39 Å². The Morgan fingerprint density at radius 1 is 1.29 bits per heavy atom. The lowest BCUT2D eigenvalue weighted by atomic mass is 9.83. The molecule has 3 N–H and O–H groups in total. The second kappa shape index (κ2) is 8.97. The van der Waals surface area contributed by atoms with Crippen molar-refractivity contribution in [2.24, 2.45) is 5.41 Å². The first kappa shape index (κ1) is 17.9. The summed E-state index contributed by atoms with van der Waals surface area (Å²) in [6.07, 6.45) is 1.01. The monoisotopic (exact) mass is 299 g/mol. The number of hydrogen-bond donors (Lipinski definition) is 3. The zero-order valence-corrected chi connectivity index (χ0v) is 12.8. The maximum Gasteiger partial charge on any atom is 0.165 e. The number of aliphatic hydroxyl groups is 2. The predicted molar refractivity (Wildman–Crippen MR) is 80.9 cm³/mol. The Morgan fingerprint density at radius 3 is 2.52 bits per heavy atom. The van der Waals surface area contributed by atoms with Crippen molar-refractivity contribution < 1.29 is 19.3 Å². The normalized spacial score (nSPS) is 13.2. The number of rotatable bonds is 10. The van der Waals surface area contributed by atoms with Gasteiger partial charge >= 0.3 is 0 Å². The molecule has 0 amide bonds. The molecule has 0 saturated heterocycles. The van der Waals surface area contributed by atoms with E-state index in [2.05, 4.69) is 5.32 Å². The van der Waals surface area contributed by atoms with Crippen molar-refractivity contribution in [3.05, 3.63) is 30.1 Å². The van der Waals surface area contributed by atoms with Crippen LogP contribution in [0.5, 0.6) is 5.75 Å². The van der Waals surface area contributed by atoms with E-state index in [9.17, 15) is 14.6 Å². The molecule has 4 nitrogen and oxygen atoms in total. The molecule has 0 spiro atoms. The summed E-state index contributed by atoms with van der Waals surface area (Å²) in [7, 11) is 0. The van der Waals surface area contributed by atoms with Gasteiger partial charge in [0.05, 0.1) is 0 Å². The molecule has 0 aliphatic heterocycles. The van der Waals surface area contributed by atoms with Gasteiger partial charge in [0.1, 0.15) is 12.7 Å². The Morgan fingerprint density at radius 2 is 1.95 bits per heavy atom. The highest BCUT2D eigenvalue weighted by atomic mass is 19.1. The molecule has 1 unspecified atom stereocenters. The fourth-order valence-corrected chi connectivity index (χ4v) is 2.09. The van der Waals surface area contributed by atoms with E-state index >= 15 is 0 Å². The summed E-state index contributed by atoms with van der Waals surface area (Å²) in [5.74, 6) is -0.294. The molecule has 0 fully saturated rings. The van der Waals surface area contributed by atoms with E-state index in [1.54, 1.807) is 12.1 Å². The third kappa shape index (κ3) is 5.61. The van der Waals surface area contributed by atoms with Crippen LogP contribution in [0.25, 0.3) is 0 Å². The highest BCUT2D eigenvalue weighted by Gasteiger charge is 2.24. The number of ether oxygens (including phenoxy) is 1. The topological polar surface area (TPSA) is 61.7 Å². The summed E-state index contributed by atoms with van der Waals surface area (Å²) in [5.41, 5.74) is -0.147. The minimum Gasteiger partial charge on any atom is -0.488 e. The summed E-state index contributed by atoms with van der Waals surface area (Å²) in [6, 6.07) is 6.11. The Bertz CT molecular complexity index is 402. The van der Waals surface area contributed by atoms with Gasteiger partial charge in [-0.1, -0.05) is 26.0 Å². The number of halogens is 1. The highest BCUT2D eigenvalue weighted by Crippen LogP contribution is 2.24. The summed E-state index contributed by atoms with van der Waals surface area (Å²) < 4.78 is 18.6. The first-order valence-corrected chi connectivity index (χ1v) is 7.44. The molecule has 1 atom stereocenters. The lowest BCUT2D eigenvalue weighted by Gasteiger charge is -2.30. The Kier molecular flexibility index (Phi) is 7.64. The van der Waals surface area contributed by atoms with Crippen molar-refractivity contribution in [1.29, 1.82) is 0 Å². The van der Waals surface area contributed by atoms with E-state index in [4.69, 9.17) is 4.74 Å². The fourth-order valence-electron chi connectivity index (χ4n) is 2.09. The number of para-hydroxylation sites is 1. The first-order chi connectivity index (χ1) is 10.1. The van der Waals surface area contributed by atoms with E-state index < -0.39 is 11.9 Å². The molecule has 0 radical (unpaired) electrons. The number of aliphatic hydroxyl groups excluding tert-OH is 2. The molecule has 1 aromatic carbocycles. The number of benzene rings is 1. The van der Waals surface area contributed by atoms with Crippen LogP contribution in [0.2, 0.25) is 0 Å². The summed E-state index contributed by atoms with van der Waals surface area (Å²) in [6.45, 7) is 5.20. The molecule has 1 aromatic rings. The summed E-state index contributed by atoms with van der Waals surface area (Å²) in [4.78, 5) is 0. The van der Waals surface area contributed by atoms with Crippen molar-refractivity contribution in [2.75, 3.05) is 26.3 Å². The molecule has 120 valence electrons. The predicted octanol–water partition coefficient (Wildman–Crippen LogP) is 1.95. The van der Waals surface area contributed by atoms with Crippen molar-refractivity contribution in [1.82, 2.24) is 5.32 Å². The van der Waals surface area contributed by atoms with Crippen LogP contribution in [0.3, 0.4) is 0 Å². The van der Waals surface area contributed by atoms with Gasteiger partial charge in [0.25, 0.3) is 0 Å². The molecule has 5 heteroatoms. The van der Waals surface area contributed by atoms with Crippen molar-refractivity contribution in [3.63, 3.8) is 0 Å². The number of hydrogen-bond acceptors (Lipinski definition) is 4. The van der Waals surface area contributed by atoms with Gasteiger partial charge in [-0.05, 0) is 25.0 Å². The van der Waals surface area contributed by atoms with Crippen LogP contribution in [0.15, 0.2) is 24.3 Å². The highest BCUT2D eigenvalue weighted by molar-refractivity contribution is 5.23. The minimum atomic E-state index is -0.727. The molecule has 0 bridgehead atoms. The van der Waals surface area contributed by atoms with Crippen molar-refractivity contribution in [2.45, 2.75) is 32.8 Å². The number of nitrogens with one attached hydrogen (secondary N) is 1. The average molecular weight is 299 g/mol. The van der Waals surface area contributed by atoms with Crippen LogP contribution in [-0.4, -0.2) is 42.6 Å². The largest absolute Gasteiger partial charge is 0.488 e. The quantitative estimate of drug-likeness (QED) is 0.618. The molecule has 0 saturated carbocycles. The van der Waals surface area contributed by atoms with Crippen LogP contribution < -0.4 is 10.1 Å². The third-order valence-corrected chi connectivity index (χ3v) is 3.98. The Hall–Kier alpha value is -1.17. The lowest BCUT2D eigenvalue weighted by Crippen LogP contribution is -2.40. The maximum atomic E-state index is 13.3. The van der Waals surface area contributed by atoms with E-state index in [1.807, 2.05) is 13.8 Å². The molecule has 0 aliphatic rings. The molecule has 0 aliphatic carbocycles. The standard InChI is InChI=1S/C16H26FNO3/c1-3-16(4-2,12-19)11-18-9-13(20)10-21-15-8-6-5-7-14(15)17/h5-8,13,18-20H,3-4,9-12H2,1-2H3. The van der Waals surface area contributed by atoms with Gasteiger partial charge in [-0.25, -0.2) is 4.39 Å². The van der Waals surface area contributed by atoms with E-state index in [-0.39, 0.29) is 24.4 Å². The zero-order chi connectivity index (χ0) is 15.7. The van der Waals surface area contributed by atoms with Gasteiger partial charge in [-0.3, -0.25) is 0 Å². The second-order valence-corrected chi connectivity index (χ2v) is 5.39. The van der Waals surface area contributed by atoms with Crippen LogP contribution in [0, 0.1) is 11.2 Å². The van der Waals surface area contributed by atoms with Gasteiger partial charge in [-0.2, -0.15) is 0 Å². The maximum absolute atomic E-state index is 13.3. The smallest absolute Gasteiger partial charge is 0.165 e. The molecule has 0 aromatic heterocycles. The van der Waals surface area contributed by atoms with Gasteiger partial charge in [-0.15, -0.1) is 0 Å². The molecule has 0 heterocycles. The van der Waals surface area contributed by atoms with E-state index in [1.165, 1.54) is 12.1 Å². The van der Waals surface area contributed by atoms with Crippen LogP contribution >= 0.6 is 0 Å². The average Bonchev–Trinajstić information content (AvgIpc) is 2.51. The lowest BCUT2D eigenvalue weighted by molar-refractivity contribution is 0.0852.